The van der Waals surface area contributed by atoms with E-state index in [9.17, 15) is 0 Å². The van der Waals surface area contributed by atoms with Crippen LogP contribution in [0.15, 0.2) is 16.8 Å². The Bertz CT molecular complexity index is 457. The van der Waals surface area contributed by atoms with Crippen molar-refractivity contribution >= 4 is 27.3 Å². The fourth-order valence-electron chi connectivity index (χ4n) is 1.86. The van der Waals surface area contributed by atoms with Crippen LogP contribution in [0.2, 0.25) is 0 Å². The van der Waals surface area contributed by atoms with Crippen LogP contribution in [-0.4, -0.2) is 10.2 Å². The van der Waals surface area contributed by atoms with Gasteiger partial charge < -0.3 is 0 Å². The summed E-state index contributed by atoms with van der Waals surface area (Å²) in [6.07, 6.45) is 2.62. The number of aromatic nitrogens is 2. The van der Waals surface area contributed by atoms with Crippen molar-refractivity contribution in [2.75, 3.05) is 0 Å². The molecule has 2 nitrogen and oxygen atoms in total. The number of rotatable bonds is 3. The molecule has 0 bridgehead atoms. The van der Waals surface area contributed by atoms with E-state index < -0.39 is 0 Å². The Hall–Kier alpha value is -0.610. The lowest BCUT2D eigenvalue weighted by Crippen LogP contribution is -1.86. The molecule has 1 fully saturated rings. The summed E-state index contributed by atoms with van der Waals surface area (Å²) in [7, 11) is 0. The molecule has 1 aliphatic carbocycles. The second-order valence-corrected chi connectivity index (χ2v) is 5.23. The lowest BCUT2D eigenvalue weighted by Gasteiger charge is -1.98. The zero-order valence-corrected chi connectivity index (χ0v) is 10.6. The number of halogens is 1. The first-order chi connectivity index (χ1) is 7.40. The smallest absolute Gasteiger partial charge is 0.0972 e. The van der Waals surface area contributed by atoms with Gasteiger partial charge in [0.2, 0.25) is 0 Å². The second kappa shape index (κ2) is 3.76. The predicted molar refractivity (Wildman–Crippen MR) is 66.5 cm³/mol. The van der Waals surface area contributed by atoms with Crippen LogP contribution in [0.3, 0.4) is 0 Å². The number of nitrogens with one attached hydrogen (secondary N) is 1. The van der Waals surface area contributed by atoms with Crippen molar-refractivity contribution in [1.82, 2.24) is 10.2 Å². The maximum Gasteiger partial charge on any atom is 0.0972 e. The van der Waals surface area contributed by atoms with Crippen molar-refractivity contribution in [2.45, 2.75) is 24.1 Å². The van der Waals surface area contributed by atoms with E-state index in [1.807, 2.05) is 0 Å². The van der Waals surface area contributed by atoms with E-state index in [0.717, 1.165) is 16.9 Å². The van der Waals surface area contributed by atoms with Gasteiger partial charge in [-0.1, -0.05) is 15.9 Å². The highest BCUT2D eigenvalue weighted by atomic mass is 79.9. The van der Waals surface area contributed by atoms with Gasteiger partial charge >= 0.3 is 0 Å². The number of nitrogens with zero attached hydrogens (tertiary/aromatic N) is 1. The van der Waals surface area contributed by atoms with Crippen LogP contribution in [0.25, 0.3) is 11.3 Å². The molecule has 2 heterocycles. The fourth-order valence-corrected chi connectivity index (χ4v) is 3.07. The van der Waals surface area contributed by atoms with Gasteiger partial charge in [-0.25, -0.2) is 0 Å². The summed E-state index contributed by atoms with van der Waals surface area (Å²) < 4.78 is 0. The van der Waals surface area contributed by atoms with Crippen molar-refractivity contribution in [2.24, 2.45) is 0 Å². The minimum atomic E-state index is 0.734. The van der Waals surface area contributed by atoms with Crippen LogP contribution in [0, 0.1) is 0 Å². The van der Waals surface area contributed by atoms with Crippen LogP contribution in [0.1, 0.15) is 30.0 Å². The van der Waals surface area contributed by atoms with Gasteiger partial charge in [-0.05, 0) is 24.3 Å². The Morgan fingerprint density at radius 1 is 1.53 bits per heavy atom. The first-order valence-corrected chi connectivity index (χ1v) is 7.12. The molecular formula is C11H11BrN2S. The second-order valence-electron chi connectivity index (χ2n) is 3.88. The van der Waals surface area contributed by atoms with Gasteiger partial charge in [0.25, 0.3) is 0 Å². The van der Waals surface area contributed by atoms with E-state index in [4.69, 9.17) is 0 Å². The molecule has 0 unspecified atom stereocenters. The topological polar surface area (TPSA) is 28.7 Å². The lowest BCUT2D eigenvalue weighted by atomic mass is 10.1. The lowest BCUT2D eigenvalue weighted by molar-refractivity contribution is 0.959. The highest BCUT2D eigenvalue weighted by molar-refractivity contribution is 9.08. The van der Waals surface area contributed by atoms with Gasteiger partial charge in [-0.3, -0.25) is 5.10 Å². The van der Waals surface area contributed by atoms with E-state index in [1.165, 1.54) is 29.7 Å². The standard InChI is InChI=1S/C11H11BrN2S/c12-5-9-10(7-1-2-7)13-14-11(9)8-3-4-15-6-8/h3-4,6-7H,1-2,5H2,(H,13,14). The van der Waals surface area contributed by atoms with Gasteiger partial charge in [0, 0.05) is 33.4 Å². The van der Waals surface area contributed by atoms with Crippen LogP contribution in [0.4, 0.5) is 0 Å². The molecule has 1 saturated carbocycles. The number of alkyl halides is 1. The fraction of sp³-hybridized carbons (Fsp3) is 0.364. The molecule has 0 saturated heterocycles. The molecule has 2 aromatic heterocycles. The van der Waals surface area contributed by atoms with Crippen molar-refractivity contribution in [3.63, 3.8) is 0 Å². The molecule has 78 valence electrons. The molecule has 0 spiro atoms. The Morgan fingerprint density at radius 3 is 3.00 bits per heavy atom. The van der Waals surface area contributed by atoms with E-state index >= 15 is 0 Å². The zero-order chi connectivity index (χ0) is 10.3. The zero-order valence-electron chi connectivity index (χ0n) is 8.16. The molecule has 0 aliphatic heterocycles. The summed E-state index contributed by atoms with van der Waals surface area (Å²) >= 11 is 5.28. The highest BCUT2D eigenvalue weighted by Gasteiger charge is 2.29. The van der Waals surface area contributed by atoms with Gasteiger partial charge in [0.05, 0.1) is 5.69 Å². The van der Waals surface area contributed by atoms with Gasteiger partial charge in [-0.2, -0.15) is 16.4 Å². The summed E-state index contributed by atoms with van der Waals surface area (Å²) in [6, 6.07) is 2.13. The van der Waals surface area contributed by atoms with Crippen LogP contribution in [0.5, 0.6) is 0 Å². The monoisotopic (exact) mass is 282 g/mol. The first kappa shape index (κ1) is 9.60. The maximum absolute atomic E-state index is 4.44. The summed E-state index contributed by atoms with van der Waals surface area (Å²) in [4.78, 5) is 0. The highest BCUT2D eigenvalue weighted by Crippen LogP contribution is 2.43. The van der Waals surface area contributed by atoms with Gasteiger partial charge in [0.15, 0.2) is 0 Å². The summed E-state index contributed by atoms with van der Waals surface area (Å²) in [5.41, 5.74) is 5.04. The van der Waals surface area contributed by atoms with E-state index in [1.54, 1.807) is 11.3 Å². The number of thiophene rings is 1. The van der Waals surface area contributed by atoms with Crippen molar-refractivity contribution < 1.29 is 0 Å². The maximum atomic E-state index is 4.44. The molecule has 1 N–H and O–H groups in total. The third kappa shape index (κ3) is 1.66. The largest absolute Gasteiger partial charge is 0.281 e. The molecule has 2 aromatic rings. The van der Waals surface area contributed by atoms with E-state index in [2.05, 4.69) is 43.0 Å². The number of hydrogen-bond acceptors (Lipinski definition) is 2. The number of H-pyrrole nitrogens is 1. The Balaban J connectivity index is 2.07. The molecule has 0 radical (unpaired) electrons. The minimum Gasteiger partial charge on any atom is -0.281 e. The molecular weight excluding hydrogens is 272 g/mol. The summed E-state index contributed by atoms with van der Waals surface area (Å²) in [5, 5.41) is 12.8. The minimum absolute atomic E-state index is 0.734. The predicted octanol–water partition coefficient (Wildman–Crippen LogP) is 3.91. The number of aromatic amines is 1. The average molecular weight is 283 g/mol. The number of hydrogen-bond donors (Lipinski definition) is 1. The molecule has 0 amide bonds. The third-order valence-electron chi connectivity index (χ3n) is 2.81. The van der Waals surface area contributed by atoms with Crippen molar-refractivity contribution in [3.8, 4) is 11.3 Å². The Kier molecular flexibility index (Phi) is 2.41. The Labute approximate surface area is 101 Å². The molecule has 1 aliphatic rings. The molecule has 4 heteroatoms. The molecule has 15 heavy (non-hydrogen) atoms. The van der Waals surface area contributed by atoms with Crippen molar-refractivity contribution in [3.05, 3.63) is 28.1 Å². The van der Waals surface area contributed by atoms with Crippen LogP contribution in [-0.2, 0) is 5.33 Å². The average Bonchev–Trinajstić information content (AvgIpc) is 2.83. The molecule has 3 rings (SSSR count). The summed E-state index contributed by atoms with van der Waals surface area (Å²) in [6.45, 7) is 0. The molecule has 0 aromatic carbocycles. The SMILES string of the molecule is BrCc1c(-c2ccsc2)n[nH]c1C1CC1. The Morgan fingerprint density at radius 2 is 2.40 bits per heavy atom. The van der Waals surface area contributed by atoms with Crippen LogP contribution < -0.4 is 0 Å². The third-order valence-corrected chi connectivity index (χ3v) is 4.06. The first-order valence-electron chi connectivity index (χ1n) is 5.06. The molecule has 0 atom stereocenters. The summed E-state index contributed by atoms with van der Waals surface area (Å²) in [5.74, 6) is 0.734. The van der Waals surface area contributed by atoms with Crippen molar-refractivity contribution in [1.29, 1.82) is 0 Å². The van der Waals surface area contributed by atoms with E-state index in [-0.39, 0.29) is 0 Å². The van der Waals surface area contributed by atoms with Gasteiger partial charge in [0.1, 0.15) is 0 Å². The normalized spacial score (nSPS) is 15.8. The quantitative estimate of drug-likeness (QED) is 0.850. The van der Waals surface area contributed by atoms with E-state index in [0.29, 0.717) is 0 Å². The van der Waals surface area contributed by atoms with Crippen LogP contribution >= 0.6 is 27.3 Å². The van der Waals surface area contributed by atoms with Gasteiger partial charge in [-0.15, -0.1) is 0 Å².